The molecule has 7 nitrogen and oxygen atoms in total. The molecule has 0 bridgehead atoms. The molecule has 1 aliphatic rings. The van der Waals surface area contributed by atoms with Gasteiger partial charge in [0.15, 0.2) is 5.78 Å². The van der Waals surface area contributed by atoms with Crippen molar-refractivity contribution in [2.45, 2.75) is 25.1 Å². The first-order valence-corrected chi connectivity index (χ1v) is 10.6. The summed E-state index contributed by atoms with van der Waals surface area (Å²) in [5.41, 5.74) is 5.63. The minimum Gasteiger partial charge on any atom is -0.475 e. The van der Waals surface area contributed by atoms with Gasteiger partial charge in [0.2, 0.25) is 0 Å². The molecule has 0 amide bonds. The van der Waals surface area contributed by atoms with Crippen LogP contribution in [0.5, 0.6) is 0 Å². The van der Waals surface area contributed by atoms with E-state index in [1.807, 2.05) is 0 Å². The van der Waals surface area contributed by atoms with Crippen molar-refractivity contribution < 1.29 is 37.4 Å². The first kappa shape index (κ1) is 28.5. The maximum Gasteiger partial charge on any atom is 0.490 e. The average molecular weight is 519 g/mol. The van der Waals surface area contributed by atoms with Gasteiger partial charge in [-0.25, -0.2) is 4.79 Å². The van der Waals surface area contributed by atoms with E-state index in [0.717, 1.165) is 5.56 Å². The number of alkyl halides is 3. The van der Waals surface area contributed by atoms with Crippen LogP contribution in [0, 0.1) is 11.3 Å². The van der Waals surface area contributed by atoms with Crippen LogP contribution in [-0.4, -0.2) is 61.0 Å². The number of nitrogens with one attached hydrogen (secondary N) is 1. The number of ketones is 1. The monoisotopic (exact) mass is 518 g/mol. The molecular formula is C19H23Cl2F3N2O5S. The first-order chi connectivity index (χ1) is 14.8. The number of hydrogen-bond donors (Lipinski definition) is 4. The van der Waals surface area contributed by atoms with Gasteiger partial charge >= 0.3 is 18.1 Å². The normalized spacial score (nSPS) is 21.7. The predicted octanol–water partition coefficient (Wildman–Crippen LogP) is 2.76. The van der Waals surface area contributed by atoms with Gasteiger partial charge in [-0.05, 0) is 37.1 Å². The lowest BCUT2D eigenvalue weighted by molar-refractivity contribution is -0.192. The number of Topliss-reactive ketones (excluding diaryl/α,β-unsaturated/α-hetero) is 1. The second-order valence-corrected chi connectivity index (χ2v) is 8.27. The Balaban J connectivity index is 0.000000633. The van der Waals surface area contributed by atoms with Crippen molar-refractivity contribution in [2.75, 3.05) is 26.0 Å². The third-order valence-electron chi connectivity index (χ3n) is 5.02. The van der Waals surface area contributed by atoms with Crippen molar-refractivity contribution in [3.05, 3.63) is 33.8 Å². The smallest absolute Gasteiger partial charge is 0.475 e. The SMILES string of the molecule is COC(=O)C1(Cc2ccc(Cl)cc2Cl)CCNCC1C(=O)[C@@H](N)CS.O=C(O)C(F)(F)F. The lowest BCUT2D eigenvalue weighted by atomic mass is 9.64. The van der Waals surface area contributed by atoms with Crippen LogP contribution in [0.25, 0.3) is 0 Å². The molecule has 1 aromatic rings. The van der Waals surface area contributed by atoms with Crippen molar-refractivity contribution >= 4 is 53.6 Å². The summed E-state index contributed by atoms with van der Waals surface area (Å²) in [5, 5.41) is 11.3. The van der Waals surface area contributed by atoms with Crippen LogP contribution < -0.4 is 11.1 Å². The molecule has 3 atom stereocenters. The molecule has 0 aromatic heterocycles. The molecule has 1 aliphatic heterocycles. The van der Waals surface area contributed by atoms with Gasteiger partial charge in [0, 0.05) is 28.3 Å². The number of rotatable bonds is 6. The Kier molecular flexibility index (Phi) is 10.8. The lowest BCUT2D eigenvalue weighted by Crippen LogP contribution is -2.57. The zero-order chi connectivity index (χ0) is 24.7. The first-order valence-electron chi connectivity index (χ1n) is 9.23. The van der Waals surface area contributed by atoms with Crippen LogP contribution in [0.3, 0.4) is 0 Å². The third-order valence-corrected chi connectivity index (χ3v) is 6.00. The fourth-order valence-corrected chi connectivity index (χ4v) is 4.04. The second kappa shape index (κ2) is 12.1. The highest BCUT2D eigenvalue weighted by molar-refractivity contribution is 7.80. The summed E-state index contributed by atoms with van der Waals surface area (Å²) in [6.07, 6.45) is -4.35. The van der Waals surface area contributed by atoms with Crippen molar-refractivity contribution in [2.24, 2.45) is 17.1 Å². The number of ether oxygens (including phenoxy) is 1. The van der Waals surface area contributed by atoms with E-state index in [4.69, 9.17) is 43.6 Å². The number of benzene rings is 1. The summed E-state index contributed by atoms with van der Waals surface area (Å²) in [6.45, 7) is 0.959. The predicted molar refractivity (Wildman–Crippen MR) is 116 cm³/mol. The number of halogens is 5. The van der Waals surface area contributed by atoms with Crippen molar-refractivity contribution in [3.63, 3.8) is 0 Å². The molecule has 0 aliphatic carbocycles. The number of aliphatic carboxylic acids is 1. The van der Waals surface area contributed by atoms with Crippen LogP contribution in [0.2, 0.25) is 10.0 Å². The van der Waals surface area contributed by atoms with Gasteiger partial charge in [0.25, 0.3) is 0 Å². The number of carboxylic acid groups (broad SMARTS) is 1. The second-order valence-electron chi connectivity index (χ2n) is 7.06. The van der Waals surface area contributed by atoms with Crippen molar-refractivity contribution in [1.29, 1.82) is 0 Å². The Hall–Kier alpha value is -1.53. The summed E-state index contributed by atoms with van der Waals surface area (Å²) in [7, 11) is 1.33. The molecule has 4 N–H and O–H groups in total. The molecule has 0 radical (unpaired) electrons. The quantitative estimate of drug-likeness (QED) is 0.337. The topological polar surface area (TPSA) is 119 Å². The Morgan fingerprint density at radius 2 is 1.97 bits per heavy atom. The van der Waals surface area contributed by atoms with Crippen LogP contribution in [0.15, 0.2) is 18.2 Å². The van der Waals surface area contributed by atoms with Gasteiger partial charge in [-0.3, -0.25) is 9.59 Å². The van der Waals surface area contributed by atoms with Crippen molar-refractivity contribution in [1.82, 2.24) is 5.32 Å². The van der Waals surface area contributed by atoms with Crippen LogP contribution in [0.4, 0.5) is 13.2 Å². The maximum absolute atomic E-state index is 12.8. The number of thiol groups is 1. The van der Waals surface area contributed by atoms with Gasteiger partial charge in [0.05, 0.1) is 18.6 Å². The number of methoxy groups -OCH3 is 1. The van der Waals surface area contributed by atoms with E-state index in [1.165, 1.54) is 7.11 Å². The summed E-state index contributed by atoms with van der Waals surface area (Å²) in [5.74, 6) is -3.77. The number of nitrogens with two attached hydrogens (primary N) is 1. The molecule has 1 saturated heterocycles. The van der Waals surface area contributed by atoms with E-state index in [1.54, 1.807) is 18.2 Å². The molecule has 2 rings (SSSR count). The highest BCUT2D eigenvalue weighted by Crippen LogP contribution is 2.41. The number of carbonyl (C=O) groups excluding carboxylic acids is 2. The molecule has 13 heteroatoms. The molecule has 2 unspecified atom stereocenters. The number of esters is 1. The van der Waals surface area contributed by atoms with E-state index in [0.29, 0.717) is 29.6 Å². The number of carboxylic acids is 1. The van der Waals surface area contributed by atoms with Crippen LogP contribution in [0.1, 0.15) is 12.0 Å². The summed E-state index contributed by atoms with van der Waals surface area (Å²) >= 11 is 16.4. The van der Waals surface area contributed by atoms with Gasteiger partial charge in [-0.15, -0.1) is 0 Å². The minimum atomic E-state index is -5.08. The van der Waals surface area contributed by atoms with Crippen LogP contribution in [-0.2, 0) is 25.5 Å². The molecule has 0 saturated carbocycles. The Labute approximate surface area is 198 Å². The fraction of sp³-hybridized carbons (Fsp3) is 0.526. The molecule has 1 heterocycles. The van der Waals surface area contributed by atoms with Gasteiger partial charge in [-0.2, -0.15) is 25.8 Å². The van der Waals surface area contributed by atoms with Gasteiger partial charge in [-0.1, -0.05) is 29.3 Å². The molecule has 32 heavy (non-hydrogen) atoms. The van der Waals surface area contributed by atoms with Gasteiger partial charge < -0.3 is 20.9 Å². The fourth-order valence-electron chi connectivity index (χ4n) is 3.38. The van der Waals surface area contributed by atoms with E-state index in [9.17, 15) is 22.8 Å². The zero-order valence-corrected chi connectivity index (χ0v) is 19.3. The number of hydrogen-bond acceptors (Lipinski definition) is 7. The molecule has 0 spiro atoms. The number of carbonyl (C=O) groups is 3. The Morgan fingerprint density at radius 3 is 2.44 bits per heavy atom. The number of piperidine rings is 1. The third kappa shape index (κ3) is 7.24. The van der Waals surface area contributed by atoms with E-state index < -0.39 is 35.5 Å². The largest absolute Gasteiger partial charge is 0.490 e. The minimum absolute atomic E-state index is 0.197. The molecule has 1 fully saturated rings. The summed E-state index contributed by atoms with van der Waals surface area (Å²) < 4.78 is 36.8. The van der Waals surface area contributed by atoms with Gasteiger partial charge in [0.1, 0.15) is 0 Å². The lowest BCUT2D eigenvalue weighted by Gasteiger charge is -2.42. The Morgan fingerprint density at radius 1 is 1.38 bits per heavy atom. The molecule has 180 valence electrons. The summed E-state index contributed by atoms with van der Waals surface area (Å²) in [6, 6.07) is 4.38. The van der Waals surface area contributed by atoms with Crippen LogP contribution >= 0.6 is 35.8 Å². The Bertz CT molecular complexity index is 844. The maximum atomic E-state index is 12.8. The molecule has 1 aromatic carbocycles. The molecular weight excluding hydrogens is 496 g/mol. The average Bonchev–Trinajstić information content (AvgIpc) is 2.74. The highest BCUT2D eigenvalue weighted by Gasteiger charge is 2.52. The van der Waals surface area contributed by atoms with Crippen molar-refractivity contribution in [3.8, 4) is 0 Å². The van der Waals surface area contributed by atoms with E-state index in [2.05, 4.69) is 17.9 Å². The zero-order valence-electron chi connectivity index (χ0n) is 16.9. The van der Waals surface area contributed by atoms with E-state index >= 15 is 0 Å². The summed E-state index contributed by atoms with van der Waals surface area (Å²) in [4.78, 5) is 34.5. The van der Waals surface area contributed by atoms with E-state index in [-0.39, 0.29) is 18.0 Å². The highest BCUT2D eigenvalue weighted by atomic mass is 35.5. The standard InChI is InChI=1S/C17H22Cl2N2O3S.C2HF3O2/c1-24-16(23)17(7-10-2-3-11(18)6-13(10)19)4-5-21-8-12(17)15(22)14(20)9-25;3-2(4,5)1(6)7/h2-3,6,12,14,21,25H,4-5,7-9,20H2,1H3;(H,6,7)/t12?,14-,17?;/m0./s1.